The number of carbonyl (C=O) groups excluding carboxylic acids is 1. The van der Waals surface area contributed by atoms with E-state index in [4.69, 9.17) is 10.5 Å². The summed E-state index contributed by atoms with van der Waals surface area (Å²) in [6.45, 7) is 7.52. The summed E-state index contributed by atoms with van der Waals surface area (Å²) >= 11 is 0. The summed E-state index contributed by atoms with van der Waals surface area (Å²) in [5.41, 5.74) is 7.10. The Kier molecular flexibility index (Phi) is 7.09. The Bertz CT molecular complexity index is 417. The molecule has 1 amide bonds. The maximum absolute atomic E-state index is 11.9. The highest BCUT2D eigenvalue weighted by Crippen LogP contribution is 2.15. The number of hydrogen-bond acceptors (Lipinski definition) is 3. The third kappa shape index (κ3) is 5.21. The third-order valence-electron chi connectivity index (χ3n) is 3.40. The second kappa shape index (κ2) is 8.59. The number of likely N-dealkylation sites (N-methyl/N-ethyl adjacent to an activating group) is 1. The van der Waals surface area contributed by atoms with Crippen molar-refractivity contribution in [2.45, 2.75) is 39.7 Å². The van der Waals surface area contributed by atoms with E-state index < -0.39 is 0 Å². The van der Waals surface area contributed by atoms with E-state index in [0.29, 0.717) is 13.1 Å². The first-order chi connectivity index (χ1) is 9.60. The standard InChI is InChI=1S/C16H26N2O2/c1-4-14(17)10-13-8-7-9-15(11-13)20-12-16(19)18(5-2)6-3/h7-9,11,14H,4-6,10,12,17H2,1-3H3. The molecule has 0 aromatic heterocycles. The number of carbonyl (C=O) groups is 1. The van der Waals surface area contributed by atoms with E-state index in [-0.39, 0.29) is 18.6 Å². The van der Waals surface area contributed by atoms with Gasteiger partial charge in [-0.05, 0) is 44.4 Å². The van der Waals surface area contributed by atoms with Gasteiger partial charge in [0.25, 0.3) is 5.91 Å². The molecule has 0 radical (unpaired) electrons. The lowest BCUT2D eigenvalue weighted by atomic mass is 10.0. The van der Waals surface area contributed by atoms with Crippen molar-refractivity contribution < 1.29 is 9.53 Å². The normalized spacial score (nSPS) is 12.0. The van der Waals surface area contributed by atoms with Crippen molar-refractivity contribution in [3.05, 3.63) is 29.8 Å². The molecule has 1 unspecified atom stereocenters. The van der Waals surface area contributed by atoms with Crippen molar-refractivity contribution in [1.29, 1.82) is 0 Å². The topological polar surface area (TPSA) is 55.6 Å². The molecule has 4 heteroatoms. The maximum Gasteiger partial charge on any atom is 0.260 e. The van der Waals surface area contributed by atoms with E-state index in [0.717, 1.165) is 24.2 Å². The summed E-state index contributed by atoms with van der Waals surface area (Å²) in [5.74, 6) is 0.747. The molecule has 1 aromatic rings. The molecule has 1 aromatic carbocycles. The molecule has 0 saturated carbocycles. The van der Waals surface area contributed by atoms with Crippen LogP contribution in [0.1, 0.15) is 32.8 Å². The van der Waals surface area contributed by atoms with E-state index in [2.05, 4.69) is 6.92 Å². The highest BCUT2D eigenvalue weighted by molar-refractivity contribution is 5.77. The van der Waals surface area contributed by atoms with Crippen LogP contribution in [0.5, 0.6) is 5.75 Å². The Morgan fingerprint density at radius 2 is 2.00 bits per heavy atom. The molecule has 20 heavy (non-hydrogen) atoms. The smallest absolute Gasteiger partial charge is 0.260 e. The molecular formula is C16H26N2O2. The molecule has 0 aliphatic carbocycles. The van der Waals surface area contributed by atoms with Gasteiger partial charge in [0.2, 0.25) is 0 Å². The summed E-state index contributed by atoms with van der Waals surface area (Å²) in [7, 11) is 0. The highest BCUT2D eigenvalue weighted by Gasteiger charge is 2.10. The van der Waals surface area contributed by atoms with Crippen LogP contribution in [0.3, 0.4) is 0 Å². The van der Waals surface area contributed by atoms with Gasteiger partial charge in [-0.1, -0.05) is 19.1 Å². The fourth-order valence-electron chi connectivity index (χ4n) is 2.02. The summed E-state index contributed by atoms with van der Waals surface area (Å²) in [4.78, 5) is 13.6. The second-order valence-corrected chi connectivity index (χ2v) is 4.87. The zero-order chi connectivity index (χ0) is 15.0. The Morgan fingerprint density at radius 3 is 2.60 bits per heavy atom. The molecule has 2 N–H and O–H groups in total. The second-order valence-electron chi connectivity index (χ2n) is 4.87. The largest absolute Gasteiger partial charge is 0.484 e. The van der Waals surface area contributed by atoms with E-state index >= 15 is 0 Å². The molecule has 1 atom stereocenters. The van der Waals surface area contributed by atoms with Crippen molar-refractivity contribution in [3.8, 4) is 5.75 Å². The van der Waals surface area contributed by atoms with Crippen LogP contribution in [-0.4, -0.2) is 36.5 Å². The first-order valence-electron chi connectivity index (χ1n) is 7.35. The van der Waals surface area contributed by atoms with Gasteiger partial charge in [-0.2, -0.15) is 0 Å². The van der Waals surface area contributed by atoms with Crippen molar-refractivity contribution >= 4 is 5.91 Å². The van der Waals surface area contributed by atoms with Crippen molar-refractivity contribution in [1.82, 2.24) is 4.90 Å². The van der Waals surface area contributed by atoms with Gasteiger partial charge < -0.3 is 15.4 Å². The van der Waals surface area contributed by atoms with Crippen LogP contribution in [0.2, 0.25) is 0 Å². The van der Waals surface area contributed by atoms with Crippen LogP contribution in [-0.2, 0) is 11.2 Å². The minimum absolute atomic E-state index is 0.0191. The molecule has 0 heterocycles. The molecule has 0 saturated heterocycles. The molecule has 0 aliphatic heterocycles. The van der Waals surface area contributed by atoms with Crippen molar-refractivity contribution in [3.63, 3.8) is 0 Å². The van der Waals surface area contributed by atoms with Crippen molar-refractivity contribution in [2.75, 3.05) is 19.7 Å². The number of ether oxygens (including phenoxy) is 1. The molecule has 0 bridgehead atoms. The summed E-state index contributed by atoms with van der Waals surface area (Å²) < 4.78 is 5.58. The van der Waals surface area contributed by atoms with Crippen LogP contribution in [0.4, 0.5) is 0 Å². The summed E-state index contributed by atoms with van der Waals surface area (Å²) in [6.07, 6.45) is 1.78. The van der Waals surface area contributed by atoms with E-state index in [1.165, 1.54) is 0 Å². The monoisotopic (exact) mass is 278 g/mol. The van der Waals surface area contributed by atoms with E-state index in [9.17, 15) is 4.79 Å². The number of hydrogen-bond donors (Lipinski definition) is 1. The van der Waals surface area contributed by atoms with Crippen LogP contribution in [0.25, 0.3) is 0 Å². The molecular weight excluding hydrogens is 252 g/mol. The third-order valence-corrected chi connectivity index (χ3v) is 3.40. The van der Waals surface area contributed by atoms with E-state index in [1.54, 1.807) is 4.90 Å². The van der Waals surface area contributed by atoms with Gasteiger partial charge in [-0.15, -0.1) is 0 Å². The summed E-state index contributed by atoms with van der Waals surface area (Å²) in [5, 5.41) is 0. The van der Waals surface area contributed by atoms with Gasteiger partial charge in [-0.25, -0.2) is 0 Å². The zero-order valence-electron chi connectivity index (χ0n) is 12.8. The van der Waals surface area contributed by atoms with Gasteiger partial charge in [0, 0.05) is 19.1 Å². The average Bonchev–Trinajstić information content (AvgIpc) is 2.46. The quantitative estimate of drug-likeness (QED) is 0.793. The van der Waals surface area contributed by atoms with Crippen LogP contribution >= 0.6 is 0 Å². The van der Waals surface area contributed by atoms with Gasteiger partial charge in [0.05, 0.1) is 0 Å². The molecule has 4 nitrogen and oxygen atoms in total. The first kappa shape index (κ1) is 16.5. The molecule has 0 aliphatic rings. The number of nitrogens with two attached hydrogens (primary N) is 1. The number of amides is 1. The average molecular weight is 278 g/mol. The Labute approximate surface area is 121 Å². The fraction of sp³-hybridized carbons (Fsp3) is 0.562. The van der Waals surface area contributed by atoms with Gasteiger partial charge in [0.15, 0.2) is 6.61 Å². The lowest BCUT2D eigenvalue weighted by molar-refractivity contribution is -0.132. The minimum atomic E-state index is 0.0191. The zero-order valence-corrected chi connectivity index (χ0v) is 12.8. The van der Waals surface area contributed by atoms with Crippen LogP contribution in [0.15, 0.2) is 24.3 Å². The predicted molar refractivity (Wildman–Crippen MR) is 81.8 cm³/mol. The van der Waals surface area contributed by atoms with Gasteiger partial charge in [-0.3, -0.25) is 4.79 Å². The molecule has 1 rings (SSSR count). The van der Waals surface area contributed by atoms with Crippen molar-refractivity contribution in [2.24, 2.45) is 5.73 Å². The minimum Gasteiger partial charge on any atom is -0.484 e. The summed E-state index contributed by atoms with van der Waals surface area (Å²) in [6, 6.07) is 7.98. The first-order valence-corrected chi connectivity index (χ1v) is 7.35. The predicted octanol–water partition coefficient (Wildman–Crippen LogP) is 2.21. The Morgan fingerprint density at radius 1 is 1.30 bits per heavy atom. The Balaban J connectivity index is 2.56. The molecule has 0 spiro atoms. The number of rotatable bonds is 8. The fourth-order valence-corrected chi connectivity index (χ4v) is 2.02. The maximum atomic E-state index is 11.9. The van der Waals surface area contributed by atoms with E-state index in [1.807, 2.05) is 38.1 Å². The highest BCUT2D eigenvalue weighted by atomic mass is 16.5. The molecule has 0 fully saturated rings. The van der Waals surface area contributed by atoms with Gasteiger partial charge >= 0.3 is 0 Å². The van der Waals surface area contributed by atoms with Crippen LogP contribution in [0, 0.1) is 0 Å². The lowest BCUT2D eigenvalue weighted by Crippen LogP contribution is -2.34. The molecule has 112 valence electrons. The SMILES string of the molecule is CCC(N)Cc1cccc(OCC(=O)N(CC)CC)c1. The number of nitrogens with zero attached hydrogens (tertiary/aromatic N) is 1. The lowest BCUT2D eigenvalue weighted by Gasteiger charge is -2.18. The number of benzene rings is 1. The van der Waals surface area contributed by atoms with Gasteiger partial charge in [0.1, 0.15) is 5.75 Å². The van der Waals surface area contributed by atoms with Crippen LogP contribution < -0.4 is 10.5 Å². The Hall–Kier alpha value is -1.55.